The van der Waals surface area contributed by atoms with E-state index in [4.69, 9.17) is 22.1 Å². The Morgan fingerprint density at radius 1 is 1.43 bits per heavy atom. The summed E-state index contributed by atoms with van der Waals surface area (Å²) in [5.41, 5.74) is 5.17. The Kier molecular flexibility index (Phi) is 6.99. The lowest BCUT2D eigenvalue weighted by Crippen LogP contribution is -2.53. The van der Waals surface area contributed by atoms with E-state index in [9.17, 15) is 4.79 Å². The quantitative estimate of drug-likeness (QED) is 0.775. The van der Waals surface area contributed by atoms with Gasteiger partial charge in [0.15, 0.2) is 0 Å². The fourth-order valence-corrected chi connectivity index (χ4v) is 2.21. The van der Waals surface area contributed by atoms with E-state index in [1.54, 1.807) is 13.0 Å². The first-order valence-corrected chi connectivity index (χ1v) is 7.76. The maximum atomic E-state index is 12.1. The SMILES string of the molecule is CCCC(C)(N)C(=O)NCC(CC)Oc1ccccc1Cl. The van der Waals surface area contributed by atoms with Gasteiger partial charge in [-0.2, -0.15) is 0 Å². The highest BCUT2D eigenvalue weighted by Crippen LogP contribution is 2.24. The van der Waals surface area contributed by atoms with Gasteiger partial charge in [0.25, 0.3) is 0 Å². The van der Waals surface area contributed by atoms with Crippen molar-refractivity contribution in [1.82, 2.24) is 5.32 Å². The van der Waals surface area contributed by atoms with Crippen LogP contribution in [0.15, 0.2) is 24.3 Å². The summed E-state index contributed by atoms with van der Waals surface area (Å²) < 4.78 is 5.83. The van der Waals surface area contributed by atoms with Crippen LogP contribution in [0.5, 0.6) is 5.75 Å². The minimum absolute atomic E-state index is 0.133. The monoisotopic (exact) mass is 312 g/mol. The summed E-state index contributed by atoms with van der Waals surface area (Å²) in [4.78, 5) is 12.1. The van der Waals surface area contributed by atoms with Gasteiger partial charge in [0, 0.05) is 0 Å². The molecule has 1 amide bonds. The van der Waals surface area contributed by atoms with E-state index in [-0.39, 0.29) is 12.0 Å². The molecule has 0 bridgehead atoms. The molecule has 2 unspecified atom stereocenters. The molecule has 0 heterocycles. The topological polar surface area (TPSA) is 64.4 Å². The van der Waals surface area contributed by atoms with Gasteiger partial charge < -0.3 is 15.8 Å². The lowest BCUT2D eigenvalue weighted by molar-refractivity contribution is -0.126. The summed E-state index contributed by atoms with van der Waals surface area (Å²) >= 11 is 6.07. The fourth-order valence-electron chi connectivity index (χ4n) is 2.03. The standard InChI is InChI=1S/C16H25ClN2O2/c1-4-10-16(3,18)15(20)19-11-12(5-2)21-14-9-7-6-8-13(14)17/h6-9,12H,4-5,10-11,18H2,1-3H3,(H,19,20). The molecule has 1 aromatic carbocycles. The molecule has 0 aliphatic rings. The van der Waals surface area contributed by atoms with Crippen LogP contribution in [-0.2, 0) is 4.79 Å². The molecule has 0 aliphatic carbocycles. The minimum atomic E-state index is -0.836. The van der Waals surface area contributed by atoms with Gasteiger partial charge in [0.1, 0.15) is 11.9 Å². The second-order valence-electron chi connectivity index (χ2n) is 5.46. The summed E-state index contributed by atoms with van der Waals surface area (Å²) in [5.74, 6) is 0.481. The molecule has 2 atom stereocenters. The van der Waals surface area contributed by atoms with Crippen LogP contribution < -0.4 is 15.8 Å². The van der Waals surface area contributed by atoms with Crippen LogP contribution in [-0.4, -0.2) is 24.1 Å². The van der Waals surface area contributed by atoms with Crippen LogP contribution in [0.4, 0.5) is 0 Å². The van der Waals surface area contributed by atoms with Crippen LogP contribution in [0.2, 0.25) is 5.02 Å². The number of benzene rings is 1. The van der Waals surface area contributed by atoms with E-state index < -0.39 is 5.54 Å². The highest BCUT2D eigenvalue weighted by Gasteiger charge is 2.27. The lowest BCUT2D eigenvalue weighted by Gasteiger charge is -2.25. The number of nitrogens with two attached hydrogens (primary N) is 1. The van der Waals surface area contributed by atoms with E-state index in [1.165, 1.54) is 0 Å². The van der Waals surface area contributed by atoms with Gasteiger partial charge in [0.2, 0.25) is 5.91 Å². The van der Waals surface area contributed by atoms with Gasteiger partial charge in [-0.05, 0) is 31.9 Å². The van der Waals surface area contributed by atoms with E-state index in [0.717, 1.165) is 12.8 Å². The zero-order valence-corrected chi connectivity index (χ0v) is 13.7. The van der Waals surface area contributed by atoms with Crippen molar-refractivity contribution in [1.29, 1.82) is 0 Å². The van der Waals surface area contributed by atoms with E-state index in [1.807, 2.05) is 32.0 Å². The van der Waals surface area contributed by atoms with Gasteiger partial charge >= 0.3 is 0 Å². The third-order valence-corrected chi connectivity index (χ3v) is 3.68. The van der Waals surface area contributed by atoms with Crippen molar-refractivity contribution in [2.45, 2.75) is 51.7 Å². The Morgan fingerprint density at radius 2 is 2.10 bits per heavy atom. The van der Waals surface area contributed by atoms with Crippen LogP contribution in [0, 0.1) is 0 Å². The van der Waals surface area contributed by atoms with Crippen LogP contribution in [0.3, 0.4) is 0 Å². The second-order valence-corrected chi connectivity index (χ2v) is 5.86. The predicted octanol–water partition coefficient (Wildman–Crippen LogP) is 3.13. The van der Waals surface area contributed by atoms with Crippen molar-refractivity contribution >= 4 is 17.5 Å². The average molecular weight is 313 g/mol. The first-order chi connectivity index (χ1) is 9.90. The van der Waals surface area contributed by atoms with Gasteiger partial charge in [0.05, 0.1) is 17.1 Å². The van der Waals surface area contributed by atoms with Crippen molar-refractivity contribution < 1.29 is 9.53 Å². The van der Waals surface area contributed by atoms with Gasteiger partial charge in [-0.1, -0.05) is 44.0 Å². The number of hydrogen-bond donors (Lipinski definition) is 2. The summed E-state index contributed by atoms with van der Waals surface area (Å²) in [6, 6.07) is 7.31. The number of halogens is 1. The van der Waals surface area contributed by atoms with Crippen LogP contribution >= 0.6 is 11.6 Å². The Morgan fingerprint density at radius 3 is 2.67 bits per heavy atom. The molecule has 3 N–H and O–H groups in total. The summed E-state index contributed by atoms with van der Waals surface area (Å²) in [5, 5.41) is 3.43. The Balaban J connectivity index is 2.56. The number of hydrogen-bond acceptors (Lipinski definition) is 3. The van der Waals surface area contributed by atoms with Crippen LogP contribution in [0.25, 0.3) is 0 Å². The average Bonchev–Trinajstić information content (AvgIpc) is 2.44. The second kappa shape index (κ2) is 8.25. The number of amides is 1. The third kappa shape index (κ3) is 5.56. The number of rotatable bonds is 8. The molecular weight excluding hydrogens is 288 g/mol. The number of carbonyl (C=O) groups excluding carboxylic acids is 1. The molecule has 0 aliphatic heterocycles. The van der Waals surface area contributed by atoms with Gasteiger partial charge in [-0.3, -0.25) is 4.79 Å². The maximum absolute atomic E-state index is 12.1. The molecule has 4 nitrogen and oxygen atoms in total. The predicted molar refractivity (Wildman–Crippen MR) is 86.7 cm³/mol. The first kappa shape index (κ1) is 17.8. The zero-order chi connectivity index (χ0) is 15.9. The molecule has 1 aromatic rings. The normalized spacial score (nSPS) is 15.1. The molecule has 0 saturated carbocycles. The number of ether oxygens (including phenoxy) is 1. The Bertz CT molecular complexity index is 463. The molecule has 0 aromatic heterocycles. The summed E-state index contributed by atoms with van der Waals surface area (Å²) in [7, 11) is 0. The highest BCUT2D eigenvalue weighted by atomic mass is 35.5. The van der Waals surface area contributed by atoms with Gasteiger partial charge in [-0.25, -0.2) is 0 Å². The third-order valence-electron chi connectivity index (χ3n) is 3.36. The molecule has 0 fully saturated rings. The first-order valence-electron chi connectivity index (χ1n) is 7.39. The van der Waals surface area contributed by atoms with Crippen molar-refractivity contribution in [3.8, 4) is 5.75 Å². The number of para-hydroxylation sites is 1. The molecule has 1 rings (SSSR count). The van der Waals surface area contributed by atoms with E-state index >= 15 is 0 Å². The summed E-state index contributed by atoms with van der Waals surface area (Å²) in [6.07, 6.45) is 2.15. The molecule has 0 radical (unpaired) electrons. The van der Waals surface area contributed by atoms with Gasteiger partial charge in [-0.15, -0.1) is 0 Å². The van der Waals surface area contributed by atoms with Crippen molar-refractivity contribution in [3.63, 3.8) is 0 Å². The molecular formula is C16H25ClN2O2. The van der Waals surface area contributed by atoms with Crippen molar-refractivity contribution in [3.05, 3.63) is 29.3 Å². The summed E-state index contributed by atoms with van der Waals surface area (Å²) in [6.45, 7) is 6.17. The molecule has 0 saturated heterocycles. The highest BCUT2D eigenvalue weighted by molar-refractivity contribution is 6.32. The smallest absolute Gasteiger partial charge is 0.239 e. The molecule has 118 valence electrons. The number of carbonyl (C=O) groups is 1. The maximum Gasteiger partial charge on any atom is 0.239 e. The van der Waals surface area contributed by atoms with Crippen molar-refractivity contribution in [2.75, 3.05) is 6.54 Å². The Hall–Kier alpha value is -1.26. The molecule has 5 heteroatoms. The van der Waals surface area contributed by atoms with Crippen LogP contribution in [0.1, 0.15) is 40.0 Å². The molecule has 0 spiro atoms. The minimum Gasteiger partial charge on any atom is -0.487 e. The lowest BCUT2D eigenvalue weighted by atomic mass is 9.96. The van der Waals surface area contributed by atoms with E-state index in [2.05, 4.69) is 5.32 Å². The van der Waals surface area contributed by atoms with E-state index in [0.29, 0.717) is 23.7 Å². The number of nitrogens with one attached hydrogen (secondary N) is 1. The Labute approximate surface area is 132 Å². The largest absolute Gasteiger partial charge is 0.487 e. The van der Waals surface area contributed by atoms with Crippen molar-refractivity contribution in [2.24, 2.45) is 5.73 Å². The zero-order valence-electron chi connectivity index (χ0n) is 13.0. The molecule has 21 heavy (non-hydrogen) atoms. The fraction of sp³-hybridized carbons (Fsp3) is 0.562.